The lowest BCUT2D eigenvalue weighted by Gasteiger charge is -2.12. The summed E-state index contributed by atoms with van der Waals surface area (Å²) in [6.07, 6.45) is 2.57. The van der Waals surface area contributed by atoms with Crippen molar-refractivity contribution in [3.05, 3.63) is 28.2 Å². The number of halogens is 1. The molecular formula is C14H19BrN2O2. The van der Waals surface area contributed by atoms with Crippen LogP contribution in [-0.2, 0) is 11.3 Å². The van der Waals surface area contributed by atoms with Crippen LogP contribution in [0.5, 0.6) is 5.75 Å². The number of carbonyl (C=O) groups is 1. The average molecular weight is 327 g/mol. The molecule has 104 valence electrons. The van der Waals surface area contributed by atoms with Crippen molar-refractivity contribution in [1.82, 2.24) is 5.32 Å². The predicted octanol–water partition coefficient (Wildman–Crippen LogP) is 2.20. The first-order chi connectivity index (χ1) is 9.06. The van der Waals surface area contributed by atoms with E-state index in [0.717, 1.165) is 16.8 Å². The van der Waals surface area contributed by atoms with Crippen molar-refractivity contribution in [3.63, 3.8) is 0 Å². The smallest absolute Gasteiger partial charge is 0.223 e. The lowest BCUT2D eigenvalue weighted by atomic mass is 10.2. The molecule has 0 radical (unpaired) electrons. The van der Waals surface area contributed by atoms with Crippen LogP contribution in [-0.4, -0.2) is 18.6 Å². The minimum atomic E-state index is -0.346. The highest BCUT2D eigenvalue weighted by Gasteiger charge is 2.20. The Bertz CT molecular complexity index is 461. The van der Waals surface area contributed by atoms with Gasteiger partial charge in [0, 0.05) is 12.6 Å². The Kier molecular flexibility index (Phi) is 4.82. The van der Waals surface area contributed by atoms with E-state index < -0.39 is 0 Å². The zero-order valence-corrected chi connectivity index (χ0v) is 12.6. The Morgan fingerprint density at radius 3 is 2.89 bits per heavy atom. The third kappa shape index (κ3) is 4.51. The fourth-order valence-corrected chi connectivity index (χ4v) is 2.16. The largest absolute Gasteiger partial charge is 0.492 e. The maximum Gasteiger partial charge on any atom is 0.223 e. The van der Waals surface area contributed by atoms with Gasteiger partial charge in [0.25, 0.3) is 0 Å². The third-order valence-electron chi connectivity index (χ3n) is 3.14. The first-order valence-corrected chi connectivity index (χ1v) is 7.29. The molecular weight excluding hydrogens is 308 g/mol. The number of nitrogens with one attached hydrogen (secondary N) is 1. The zero-order valence-electron chi connectivity index (χ0n) is 11.0. The molecule has 3 N–H and O–H groups in total. The minimum absolute atomic E-state index is 0.289. The highest BCUT2D eigenvalue weighted by Crippen LogP contribution is 2.27. The summed E-state index contributed by atoms with van der Waals surface area (Å²) in [4.78, 5) is 10.9. The van der Waals surface area contributed by atoms with Crippen LogP contribution in [0.1, 0.15) is 25.3 Å². The Labute approximate surface area is 121 Å². The second-order valence-corrected chi connectivity index (χ2v) is 5.89. The fourth-order valence-electron chi connectivity index (χ4n) is 1.62. The van der Waals surface area contributed by atoms with E-state index in [4.69, 9.17) is 10.5 Å². The molecule has 1 aromatic carbocycles. The van der Waals surface area contributed by atoms with Gasteiger partial charge >= 0.3 is 0 Å². The maximum atomic E-state index is 10.9. The molecule has 0 aromatic heterocycles. The van der Waals surface area contributed by atoms with E-state index in [9.17, 15) is 4.79 Å². The zero-order chi connectivity index (χ0) is 13.8. The van der Waals surface area contributed by atoms with Crippen LogP contribution in [0.15, 0.2) is 22.7 Å². The number of rotatable bonds is 7. The first-order valence-electron chi connectivity index (χ1n) is 6.50. The number of primary amides is 1. The van der Waals surface area contributed by atoms with E-state index in [1.54, 1.807) is 6.92 Å². The van der Waals surface area contributed by atoms with E-state index in [2.05, 4.69) is 21.2 Å². The van der Waals surface area contributed by atoms with Gasteiger partial charge in [0.2, 0.25) is 5.91 Å². The average Bonchev–Trinajstić information content (AvgIpc) is 3.18. The van der Waals surface area contributed by atoms with Gasteiger partial charge in [0.05, 0.1) is 17.0 Å². The van der Waals surface area contributed by atoms with Gasteiger partial charge < -0.3 is 15.8 Å². The van der Waals surface area contributed by atoms with Gasteiger partial charge in [-0.2, -0.15) is 0 Å². The SMILES string of the molecule is CC(COc1ccc(CNC2CC2)cc1Br)C(N)=O. The lowest BCUT2D eigenvalue weighted by molar-refractivity contribution is -0.122. The van der Waals surface area contributed by atoms with E-state index in [0.29, 0.717) is 12.6 Å². The van der Waals surface area contributed by atoms with Crippen molar-refractivity contribution in [2.45, 2.75) is 32.4 Å². The number of carbonyl (C=O) groups excluding carboxylic acids is 1. The Balaban J connectivity index is 1.88. The molecule has 0 bridgehead atoms. The van der Waals surface area contributed by atoms with Gasteiger partial charge in [-0.25, -0.2) is 0 Å². The molecule has 1 aliphatic carbocycles. The van der Waals surface area contributed by atoms with Crippen LogP contribution in [0.25, 0.3) is 0 Å². The lowest BCUT2D eigenvalue weighted by Crippen LogP contribution is -2.25. The van der Waals surface area contributed by atoms with Gasteiger partial charge in [-0.05, 0) is 46.5 Å². The molecule has 1 amide bonds. The molecule has 0 aliphatic heterocycles. The van der Waals surface area contributed by atoms with Crippen LogP contribution in [0.3, 0.4) is 0 Å². The maximum absolute atomic E-state index is 10.9. The summed E-state index contributed by atoms with van der Waals surface area (Å²) in [5.41, 5.74) is 6.41. The quantitative estimate of drug-likeness (QED) is 0.807. The van der Waals surface area contributed by atoms with Gasteiger partial charge in [-0.1, -0.05) is 13.0 Å². The van der Waals surface area contributed by atoms with Crippen molar-refractivity contribution in [2.24, 2.45) is 11.7 Å². The summed E-state index contributed by atoms with van der Waals surface area (Å²) < 4.78 is 6.49. The topological polar surface area (TPSA) is 64.3 Å². The Hall–Kier alpha value is -1.07. The first kappa shape index (κ1) is 14.3. The van der Waals surface area contributed by atoms with E-state index in [1.807, 2.05) is 18.2 Å². The summed E-state index contributed by atoms with van der Waals surface area (Å²) in [5.74, 6) is 0.104. The van der Waals surface area contributed by atoms with E-state index in [-0.39, 0.29) is 11.8 Å². The number of hydrogen-bond acceptors (Lipinski definition) is 3. The predicted molar refractivity (Wildman–Crippen MR) is 77.9 cm³/mol. The number of hydrogen-bond donors (Lipinski definition) is 2. The Morgan fingerprint density at radius 1 is 1.58 bits per heavy atom. The van der Waals surface area contributed by atoms with Crippen LogP contribution in [0.2, 0.25) is 0 Å². The van der Waals surface area contributed by atoms with E-state index >= 15 is 0 Å². The van der Waals surface area contributed by atoms with Crippen molar-refractivity contribution in [2.75, 3.05) is 6.61 Å². The summed E-state index contributed by atoms with van der Waals surface area (Å²) in [6, 6.07) is 6.69. The second kappa shape index (κ2) is 6.39. The van der Waals surface area contributed by atoms with Crippen LogP contribution < -0.4 is 15.8 Å². The van der Waals surface area contributed by atoms with Crippen molar-refractivity contribution >= 4 is 21.8 Å². The number of nitrogens with two attached hydrogens (primary N) is 1. The van der Waals surface area contributed by atoms with Crippen LogP contribution in [0.4, 0.5) is 0 Å². The molecule has 1 unspecified atom stereocenters. The molecule has 2 rings (SSSR count). The fraction of sp³-hybridized carbons (Fsp3) is 0.500. The molecule has 4 nitrogen and oxygen atoms in total. The monoisotopic (exact) mass is 326 g/mol. The normalized spacial score (nSPS) is 16.1. The molecule has 1 fully saturated rings. The number of benzene rings is 1. The summed E-state index contributed by atoms with van der Waals surface area (Å²) >= 11 is 3.49. The molecule has 0 saturated heterocycles. The van der Waals surface area contributed by atoms with Gasteiger partial charge in [0.1, 0.15) is 5.75 Å². The van der Waals surface area contributed by atoms with Crippen molar-refractivity contribution in [3.8, 4) is 5.75 Å². The molecule has 0 heterocycles. The standard InChI is InChI=1S/C14H19BrN2O2/c1-9(14(16)18)8-19-13-5-2-10(6-12(13)15)7-17-11-3-4-11/h2,5-6,9,11,17H,3-4,7-8H2,1H3,(H2,16,18). The summed E-state index contributed by atoms with van der Waals surface area (Å²) in [7, 11) is 0. The van der Waals surface area contributed by atoms with Gasteiger partial charge in [0.15, 0.2) is 0 Å². The van der Waals surface area contributed by atoms with Crippen LogP contribution >= 0.6 is 15.9 Å². The van der Waals surface area contributed by atoms with E-state index in [1.165, 1.54) is 18.4 Å². The summed E-state index contributed by atoms with van der Waals surface area (Å²) in [5, 5.41) is 3.46. The molecule has 1 aromatic rings. The number of ether oxygens (including phenoxy) is 1. The second-order valence-electron chi connectivity index (χ2n) is 5.03. The van der Waals surface area contributed by atoms with Crippen molar-refractivity contribution in [1.29, 1.82) is 0 Å². The molecule has 0 spiro atoms. The van der Waals surface area contributed by atoms with Crippen LogP contribution in [0, 0.1) is 5.92 Å². The number of amides is 1. The van der Waals surface area contributed by atoms with Gasteiger partial charge in [-0.15, -0.1) is 0 Å². The molecule has 1 atom stereocenters. The third-order valence-corrected chi connectivity index (χ3v) is 3.76. The summed E-state index contributed by atoms with van der Waals surface area (Å²) in [6.45, 7) is 2.93. The van der Waals surface area contributed by atoms with Crippen molar-refractivity contribution < 1.29 is 9.53 Å². The molecule has 19 heavy (non-hydrogen) atoms. The highest BCUT2D eigenvalue weighted by molar-refractivity contribution is 9.10. The molecule has 1 saturated carbocycles. The minimum Gasteiger partial charge on any atom is -0.492 e. The molecule has 1 aliphatic rings. The van der Waals surface area contributed by atoms with Gasteiger partial charge in [-0.3, -0.25) is 4.79 Å². The highest BCUT2D eigenvalue weighted by atomic mass is 79.9. The Morgan fingerprint density at radius 2 is 2.32 bits per heavy atom. The molecule has 5 heteroatoms.